The zero-order valence-electron chi connectivity index (χ0n) is 21.8. The van der Waals surface area contributed by atoms with Crippen molar-refractivity contribution in [2.45, 2.75) is 41.0 Å². The average molecular weight is 492 g/mol. The van der Waals surface area contributed by atoms with E-state index in [-0.39, 0.29) is 17.2 Å². The van der Waals surface area contributed by atoms with Gasteiger partial charge in [-0.25, -0.2) is 0 Å². The van der Waals surface area contributed by atoms with Crippen molar-refractivity contribution >= 4 is 29.3 Å². The Balaban J connectivity index is 0.00000210. The van der Waals surface area contributed by atoms with E-state index in [1.165, 1.54) is 23.4 Å². The highest BCUT2D eigenvalue weighted by Crippen LogP contribution is 2.37. The van der Waals surface area contributed by atoms with Crippen LogP contribution in [0.15, 0.2) is 108 Å². The van der Waals surface area contributed by atoms with E-state index in [4.69, 9.17) is 4.18 Å². The van der Waals surface area contributed by atoms with Crippen molar-refractivity contribution in [3.05, 3.63) is 108 Å². The Bertz CT molecular complexity index is 1040. The normalized spacial score (nSPS) is 15.5. The number of carbonyl (C=O) groups is 1. The van der Waals surface area contributed by atoms with Crippen molar-refractivity contribution in [1.82, 2.24) is 0 Å². The molecule has 0 aliphatic heterocycles. The van der Waals surface area contributed by atoms with Gasteiger partial charge < -0.3 is 4.18 Å². The number of hydrogen-bond donors (Lipinski definition) is 1. The monoisotopic (exact) mass is 491 g/mol. The molecule has 0 heterocycles. The van der Waals surface area contributed by atoms with E-state index in [9.17, 15) is 4.79 Å². The minimum atomic E-state index is -0.0724. The fourth-order valence-corrected chi connectivity index (χ4v) is 4.24. The third kappa shape index (κ3) is 9.02. The first-order chi connectivity index (χ1) is 16.9. The van der Waals surface area contributed by atoms with Crippen LogP contribution in [0.2, 0.25) is 0 Å². The molecule has 0 saturated carbocycles. The van der Waals surface area contributed by atoms with E-state index in [1.54, 1.807) is 18.9 Å². The molecule has 2 aromatic carbocycles. The van der Waals surface area contributed by atoms with Gasteiger partial charge in [-0.15, -0.1) is 0 Å². The molecule has 2 aromatic rings. The number of nitrogens with two attached hydrogens (primary N) is 1. The summed E-state index contributed by atoms with van der Waals surface area (Å²) in [5, 5.41) is 2.20. The van der Waals surface area contributed by atoms with Crippen LogP contribution in [-0.4, -0.2) is 13.0 Å². The second kappa shape index (κ2) is 14.5. The van der Waals surface area contributed by atoms with E-state index in [2.05, 4.69) is 73.8 Å². The molecular formula is C30H39N2O2S+. The van der Waals surface area contributed by atoms with Crippen LogP contribution in [-0.2, 0) is 8.98 Å². The van der Waals surface area contributed by atoms with Gasteiger partial charge in [-0.2, -0.15) is 0 Å². The predicted octanol–water partition coefficient (Wildman–Crippen LogP) is 7.14. The van der Waals surface area contributed by atoms with Crippen molar-refractivity contribution < 1.29 is 14.3 Å². The highest BCUT2D eigenvalue weighted by molar-refractivity contribution is 7.98. The zero-order chi connectivity index (χ0) is 25.7. The predicted molar refractivity (Wildman–Crippen MR) is 150 cm³/mol. The van der Waals surface area contributed by atoms with Crippen molar-refractivity contribution in [2.24, 2.45) is 11.3 Å². The lowest BCUT2D eigenvalue weighted by Gasteiger charge is -2.30. The number of benzene rings is 2. The second-order valence-electron chi connectivity index (χ2n) is 8.70. The summed E-state index contributed by atoms with van der Waals surface area (Å²) in [4.78, 5) is 15.0. The number of anilines is 1. The molecular weight excluding hydrogens is 452 g/mol. The van der Waals surface area contributed by atoms with Gasteiger partial charge in [-0.3, -0.25) is 15.0 Å². The largest absolute Gasteiger partial charge is 0.314 e. The molecule has 2 N–H and O–H groups in total. The molecule has 1 aliphatic carbocycles. The van der Waals surface area contributed by atoms with Gasteiger partial charge in [0.05, 0.1) is 7.11 Å². The summed E-state index contributed by atoms with van der Waals surface area (Å²) >= 11 is 1.38. The van der Waals surface area contributed by atoms with Gasteiger partial charge in [0.2, 0.25) is 5.91 Å². The molecule has 35 heavy (non-hydrogen) atoms. The maximum atomic E-state index is 12.2. The Morgan fingerprint density at radius 2 is 1.66 bits per heavy atom. The highest BCUT2D eigenvalue weighted by atomic mass is 32.2. The Morgan fingerprint density at radius 1 is 1.03 bits per heavy atom. The summed E-state index contributed by atoms with van der Waals surface area (Å²) in [6.45, 7) is 10.1. The fraction of sp³-hybridized carbons (Fsp3) is 0.300. The van der Waals surface area contributed by atoms with Crippen LogP contribution >= 0.6 is 12.0 Å². The van der Waals surface area contributed by atoms with Gasteiger partial charge in [0.25, 0.3) is 0 Å². The van der Waals surface area contributed by atoms with Gasteiger partial charge >= 0.3 is 0 Å². The molecule has 0 fully saturated rings. The molecule has 0 bridgehead atoms. The Kier molecular flexibility index (Phi) is 11.8. The molecule has 1 atom stereocenters. The molecule has 0 aromatic heterocycles. The fourth-order valence-electron chi connectivity index (χ4n) is 3.72. The lowest BCUT2D eigenvalue weighted by atomic mass is 9.75. The highest BCUT2D eigenvalue weighted by Gasteiger charge is 2.28. The summed E-state index contributed by atoms with van der Waals surface area (Å²) in [7, 11) is 1.69. The van der Waals surface area contributed by atoms with E-state index < -0.39 is 0 Å². The van der Waals surface area contributed by atoms with Crippen LogP contribution < -0.4 is 10.2 Å². The first kappa shape index (κ1) is 28.4. The van der Waals surface area contributed by atoms with Crippen LogP contribution in [0.4, 0.5) is 11.4 Å². The van der Waals surface area contributed by atoms with E-state index >= 15 is 0 Å². The maximum Gasteiger partial charge on any atom is 0.227 e. The SMILES string of the molecule is CC.COSC1=CC(C(C)(C)C/C=C/N(C(C)=O)c2ccccc2)C=C([NH2+]c2ccccc2)C=C1. The minimum absolute atomic E-state index is 0.00718. The molecule has 0 saturated heterocycles. The molecule has 5 heteroatoms. The maximum absolute atomic E-state index is 12.2. The second-order valence-corrected chi connectivity index (χ2v) is 9.67. The van der Waals surface area contributed by atoms with E-state index in [0.717, 1.165) is 17.0 Å². The number of para-hydroxylation sites is 2. The van der Waals surface area contributed by atoms with Crippen molar-refractivity contribution in [1.29, 1.82) is 0 Å². The summed E-state index contributed by atoms with van der Waals surface area (Å²) < 4.78 is 5.34. The van der Waals surface area contributed by atoms with Gasteiger partial charge in [0.1, 0.15) is 11.4 Å². The number of rotatable bonds is 9. The molecule has 1 amide bonds. The first-order valence-electron chi connectivity index (χ1n) is 12.1. The van der Waals surface area contributed by atoms with Gasteiger partial charge in [0.15, 0.2) is 0 Å². The summed E-state index contributed by atoms with van der Waals surface area (Å²) in [6.07, 6.45) is 13.6. The quantitative estimate of drug-likeness (QED) is 0.299. The molecule has 0 radical (unpaired) electrons. The number of allylic oxidation sites excluding steroid dienone is 5. The molecule has 186 valence electrons. The lowest BCUT2D eigenvalue weighted by molar-refractivity contribution is -0.512. The molecule has 1 aliphatic rings. The van der Waals surface area contributed by atoms with Gasteiger partial charge in [-0.05, 0) is 48.3 Å². The Labute approximate surface area is 215 Å². The Morgan fingerprint density at radius 3 is 2.26 bits per heavy atom. The van der Waals surface area contributed by atoms with Gasteiger partial charge in [-0.1, -0.05) is 76.2 Å². The van der Waals surface area contributed by atoms with E-state index in [0.29, 0.717) is 0 Å². The average Bonchev–Trinajstić information content (AvgIpc) is 3.07. The van der Waals surface area contributed by atoms with Crippen LogP contribution in [0.25, 0.3) is 0 Å². The van der Waals surface area contributed by atoms with Crippen LogP contribution in [0, 0.1) is 11.3 Å². The first-order valence-corrected chi connectivity index (χ1v) is 12.9. The number of hydrogen-bond acceptors (Lipinski definition) is 3. The van der Waals surface area contributed by atoms with Crippen LogP contribution in [0.3, 0.4) is 0 Å². The standard InChI is InChI=1S/C28H32N2O2S.C2H6/c1-22(31)30(26-14-9-6-10-15-26)19-11-18-28(2,3)23-20-25(16-17-27(21-23)33-32-4)29-24-12-7-5-8-13-24;1-2/h5-17,19-21,23,29H,18H2,1-4H3;1-2H3/p+1/b19-11+;. The third-order valence-electron chi connectivity index (χ3n) is 5.64. The molecule has 0 spiro atoms. The van der Waals surface area contributed by atoms with Gasteiger partial charge in [0, 0.05) is 47.8 Å². The minimum Gasteiger partial charge on any atom is -0.314 e. The smallest absolute Gasteiger partial charge is 0.227 e. The number of nitrogens with zero attached hydrogens (tertiary/aromatic N) is 1. The Hall–Kier alpha value is -2.86. The van der Waals surface area contributed by atoms with Crippen LogP contribution in [0.1, 0.15) is 41.0 Å². The number of amides is 1. The number of quaternary nitrogens is 1. The zero-order valence-corrected chi connectivity index (χ0v) is 22.6. The third-order valence-corrected chi connectivity index (χ3v) is 6.27. The number of carbonyl (C=O) groups excluding carboxylic acids is 1. The molecule has 4 nitrogen and oxygen atoms in total. The lowest BCUT2D eigenvalue weighted by Crippen LogP contribution is -2.75. The summed E-state index contributed by atoms with van der Waals surface area (Å²) in [6, 6.07) is 20.1. The van der Waals surface area contributed by atoms with Crippen molar-refractivity contribution in [3.8, 4) is 0 Å². The molecule has 3 rings (SSSR count). The van der Waals surface area contributed by atoms with Crippen molar-refractivity contribution in [3.63, 3.8) is 0 Å². The van der Waals surface area contributed by atoms with Crippen molar-refractivity contribution in [2.75, 3.05) is 12.0 Å². The molecule has 1 unspecified atom stereocenters. The summed E-state index contributed by atoms with van der Waals surface area (Å²) in [5.74, 6) is 0.180. The van der Waals surface area contributed by atoms with Crippen LogP contribution in [0.5, 0.6) is 0 Å². The van der Waals surface area contributed by atoms with E-state index in [1.807, 2.05) is 56.4 Å². The topological polar surface area (TPSA) is 46.1 Å². The summed E-state index contributed by atoms with van der Waals surface area (Å²) in [5.41, 5.74) is 3.14.